The normalized spacial score (nSPS) is 11.1. The van der Waals surface area contributed by atoms with Crippen molar-refractivity contribution >= 4 is 29.0 Å². The Morgan fingerprint density at radius 2 is 1.91 bits per heavy atom. The molecule has 0 bridgehead atoms. The van der Waals surface area contributed by atoms with Crippen molar-refractivity contribution in [2.24, 2.45) is 5.41 Å². The van der Waals surface area contributed by atoms with Crippen LogP contribution in [0.25, 0.3) is 0 Å². The van der Waals surface area contributed by atoms with E-state index in [1.807, 2.05) is 0 Å². The van der Waals surface area contributed by atoms with Gasteiger partial charge in [0.2, 0.25) is 11.7 Å². The van der Waals surface area contributed by atoms with Crippen molar-refractivity contribution in [1.29, 1.82) is 0 Å². The van der Waals surface area contributed by atoms with Crippen LogP contribution < -0.4 is 5.32 Å². The number of hydrogen-bond acceptors (Lipinski definition) is 4. The van der Waals surface area contributed by atoms with Gasteiger partial charge in [-0.1, -0.05) is 32.4 Å². The van der Waals surface area contributed by atoms with Gasteiger partial charge in [0.1, 0.15) is 12.0 Å². The van der Waals surface area contributed by atoms with Gasteiger partial charge in [-0.05, 0) is 24.3 Å². The summed E-state index contributed by atoms with van der Waals surface area (Å²) in [4.78, 5) is 32.4. The summed E-state index contributed by atoms with van der Waals surface area (Å²) in [6.07, 6.45) is 2.78. The third kappa shape index (κ3) is 3.68. The highest BCUT2D eigenvalue weighted by molar-refractivity contribution is 6.31. The van der Waals surface area contributed by atoms with Crippen molar-refractivity contribution < 1.29 is 9.59 Å². The molecule has 114 valence electrons. The van der Waals surface area contributed by atoms with Gasteiger partial charge in [-0.2, -0.15) is 0 Å². The maximum absolute atomic E-state index is 12.6. The van der Waals surface area contributed by atoms with Crippen molar-refractivity contribution in [3.8, 4) is 0 Å². The SMILES string of the molecule is CC(C)(C)C(=O)Nc1ccc(Cl)cc1C(=O)c1ccncn1. The smallest absolute Gasteiger partial charge is 0.229 e. The van der Waals surface area contributed by atoms with Gasteiger partial charge in [0.05, 0.1) is 5.69 Å². The van der Waals surface area contributed by atoms with Crippen LogP contribution in [0.15, 0.2) is 36.8 Å². The molecule has 1 N–H and O–H groups in total. The third-order valence-electron chi connectivity index (χ3n) is 2.97. The molecular formula is C16H16ClN3O2. The highest BCUT2D eigenvalue weighted by Gasteiger charge is 2.24. The zero-order chi connectivity index (χ0) is 16.3. The molecule has 0 atom stereocenters. The van der Waals surface area contributed by atoms with Crippen LogP contribution in [0.2, 0.25) is 5.02 Å². The number of hydrogen-bond donors (Lipinski definition) is 1. The van der Waals surface area contributed by atoms with Crippen LogP contribution >= 0.6 is 11.6 Å². The number of nitrogens with one attached hydrogen (secondary N) is 1. The van der Waals surface area contributed by atoms with Crippen molar-refractivity contribution in [1.82, 2.24) is 9.97 Å². The molecule has 0 saturated heterocycles. The number of anilines is 1. The second-order valence-corrected chi connectivity index (χ2v) is 6.25. The van der Waals surface area contributed by atoms with Crippen LogP contribution in [0.3, 0.4) is 0 Å². The molecule has 22 heavy (non-hydrogen) atoms. The molecule has 5 nitrogen and oxygen atoms in total. The van der Waals surface area contributed by atoms with E-state index in [0.29, 0.717) is 16.3 Å². The Bertz CT molecular complexity index is 709. The molecule has 0 radical (unpaired) electrons. The van der Waals surface area contributed by atoms with Crippen molar-refractivity contribution in [3.63, 3.8) is 0 Å². The van der Waals surface area contributed by atoms with Gasteiger partial charge in [0.15, 0.2) is 0 Å². The molecule has 0 saturated carbocycles. The summed E-state index contributed by atoms with van der Waals surface area (Å²) >= 11 is 5.98. The number of aromatic nitrogens is 2. The molecule has 1 heterocycles. The maximum atomic E-state index is 12.6. The largest absolute Gasteiger partial charge is 0.325 e. The maximum Gasteiger partial charge on any atom is 0.229 e. The Hall–Kier alpha value is -2.27. The fraction of sp³-hybridized carbons (Fsp3) is 0.250. The first kappa shape index (κ1) is 16.1. The standard InChI is InChI=1S/C16H16ClN3O2/c1-16(2,3)15(22)20-12-5-4-10(17)8-11(12)14(21)13-6-7-18-9-19-13/h4-9H,1-3H3,(H,20,22). The number of amides is 1. The quantitative estimate of drug-likeness (QED) is 0.881. The highest BCUT2D eigenvalue weighted by atomic mass is 35.5. The van der Waals surface area contributed by atoms with E-state index >= 15 is 0 Å². The Balaban J connectivity index is 2.41. The fourth-order valence-electron chi connectivity index (χ4n) is 1.69. The number of carbonyl (C=O) groups excluding carboxylic acids is 2. The van der Waals surface area contributed by atoms with Gasteiger partial charge in [0.25, 0.3) is 0 Å². The minimum Gasteiger partial charge on any atom is -0.325 e. The molecule has 6 heteroatoms. The lowest BCUT2D eigenvalue weighted by molar-refractivity contribution is -0.123. The van der Waals surface area contributed by atoms with E-state index in [2.05, 4.69) is 15.3 Å². The Labute approximate surface area is 133 Å². The van der Waals surface area contributed by atoms with Crippen LogP contribution in [0, 0.1) is 5.41 Å². The molecule has 2 aromatic rings. The minimum absolute atomic E-state index is 0.188. The molecule has 0 aliphatic carbocycles. The van der Waals surface area contributed by atoms with Crippen LogP contribution in [0.1, 0.15) is 36.8 Å². The highest BCUT2D eigenvalue weighted by Crippen LogP contribution is 2.25. The Morgan fingerprint density at radius 1 is 1.18 bits per heavy atom. The zero-order valence-corrected chi connectivity index (χ0v) is 13.3. The van der Waals surface area contributed by atoms with E-state index in [-0.39, 0.29) is 17.4 Å². The van der Waals surface area contributed by atoms with Crippen LogP contribution in [-0.4, -0.2) is 21.7 Å². The second kappa shape index (κ2) is 6.23. The number of rotatable bonds is 3. The summed E-state index contributed by atoms with van der Waals surface area (Å²) < 4.78 is 0. The fourth-order valence-corrected chi connectivity index (χ4v) is 1.86. The molecule has 0 unspecified atom stereocenters. The minimum atomic E-state index is -0.575. The van der Waals surface area contributed by atoms with E-state index in [4.69, 9.17) is 11.6 Å². The Morgan fingerprint density at radius 3 is 2.50 bits per heavy atom. The lowest BCUT2D eigenvalue weighted by atomic mass is 9.95. The van der Waals surface area contributed by atoms with Crippen LogP contribution in [-0.2, 0) is 4.79 Å². The van der Waals surface area contributed by atoms with Gasteiger partial charge in [-0.15, -0.1) is 0 Å². The van der Waals surface area contributed by atoms with Gasteiger partial charge in [-0.25, -0.2) is 9.97 Å². The molecule has 1 aromatic heterocycles. The van der Waals surface area contributed by atoms with Crippen LogP contribution in [0.5, 0.6) is 0 Å². The summed E-state index contributed by atoms with van der Waals surface area (Å²) in [6, 6.07) is 6.26. The number of nitrogens with zero attached hydrogens (tertiary/aromatic N) is 2. The summed E-state index contributed by atoms with van der Waals surface area (Å²) in [7, 11) is 0. The van der Waals surface area contributed by atoms with E-state index in [0.717, 1.165) is 0 Å². The predicted octanol–water partition coefficient (Wildman–Crippen LogP) is 3.35. The number of halogens is 1. The van der Waals surface area contributed by atoms with E-state index in [1.54, 1.807) is 32.9 Å². The third-order valence-corrected chi connectivity index (χ3v) is 3.21. The van der Waals surface area contributed by atoms with Gasteiger partial charge in [-0.3, -0.25) is 9.59 Å². The first-order valence-electron chi connectivity index (χ1n) is 6.71. The molecular weight excluding hydrogens is 302 g/mol. The molecule has 1 aromatic carbocycles. The van der Waals surface area contributed by atoms with E-state index < -0.39 is 5.41 Å². The second-order valence-electron chi connectivity index (χ2n) is 5.82. The monoisotopic (exact) mass is 317 g/mol. The van der Waals surface area contributed by atoms with Crippen molar-refractivity contribution in [2.75, 3.05) is 5.32 Å². The topological polar surface area (TPSA) is 72.0 Å². The number of carbonyl (C=O) groups is 2. The molecule has 2 rings (SSSR count). The van der Waals surface area contributed by atoms with Crippen LogP contribution in [0.4, 0.5) is 5.69 Å². The number of benzene rings is 1. The lowest BCUT2D eigenvalue weighted by Crippen LogP contribution is -2.28. The van der Waals surface area contributed by atoms with E-state index in [9.17, 15) is 9.59 Å². The zero-order valence-electron chi connectivity index (χ0n) is 12.6. The average Bonchev–Trinajstić information content (AvgIpc) is 2.48. The van der Waals surface area contributed by atoms with Crippen molar-refractivity contribution in [2.45, 2.75) is 20.8 Å². The molecule has 1 amide bonds. The lowest BCUT2D eigenvalue weighted by Gasteiger charge is -2.19. The average molecular weight is 318 g/mol. The molecule has 0 aliphatic rings. The Kier molecular flexibility index (Phi) is 4.56. The number of ketones is 1. The first-order valence-corrected chi connectivity index (χ1v) is 7.08. The van der Waals surface area contributed by atoms with Crippen molar-refractivity contribution in [3.05, 3.63) is 53.1 Å². The summed E-state index contributed by atoms with van der Waals surface area (Å²) in [5, 5.41) is 3.18. The molecule has 0 aliphatic heterocycles. The summed E-state index contributed by atoms with van der Waals surface area (Å²) in [5.41, 5.74) is 0.370. The van der Waals surface area contributed by atoms with Gasteiger partial charge >= 0.3 is 0 Å². The van der Waals surface area contributed by atoms with Gasteiger partial charge in [0, 0.05) is 22.2 Å². The first-order chi connectivity index (χ1) is 10.3. The predicted molar refractivity (Wildman–Crippen MR) is 85.0 cm³/mol. The summed E-state index contributed by atoms with van der Waals surface area (Å²) in [5.74, 6) is -0.513. The van der Waals surface area contributed by atoms with Gasteiger partial charge < -0.3 is 5.32 Å². The van der Waals surface area contributed by atoms with E-state index in [1.165, 1.54) is 24.7 Å². The molecule has 0 spiro atoms. The molecule has 0 fully saturated rings. The summed E-state index contributed by atoms with van der Waals surface area (Å²) in [6.45, 7) is 5.39.